The number of ether oxygens (including phenoxy) is 1. The molecule has 2 amide bonds. The number of hydrogen-bond acceptors (Lipinski definition) is 6. The molecule has 156 valence electrons. The van der Waals surface area contributed by atoms with Crippen molar-refractivity contribution < 1.29 is 9.53 Å². The Morgan fingerprint density at radius 2 is 1.80 bits per heavy atom. The van der Waals surface area contributed by atoms with E-state index in [1.807, 2.05) is 31.3 Å². The highest BCUT2D eigenvalue weighted by Gasteiger charge is 2.22. The first-order valence-corrected chi connectivity index (χ1v) is 9.92. The van der Waals surface area contributed by atoms with Crippen LogP contribution in [0.15, 0.2) is 42.6 Å². The van der Waals surface area contributed by atoms with Gasteiger partial charge in [-0.3, -0.25) is 0 Å². The highest BCUT2D eigenvalue weighted by molar-refractivity contribution is 6.32. The van der Waals surface area contributed by atoms with Crippen LogP contribution in [-0.4, -0.2) is 64.2 Å². The number of nitrogens with zero attached hydrogens (tertiary/aromatic N) is 6. The fourth-order valence-corrected chi connectivity index (χ4v) is 3.49. The summed E-state index contributed by atoms with van der Waals surface area (Å²) < 4.78 is 6.83. The second-order valence-corrected chi connectivity index (χ2v) is 7.31. The number of carbonyl (C=O) groups is 1. The smallest absolute Gasteiger partial charge is 0.321 e. The molecule has 1 aromatic carbocycles. The minimum Gasteiger partial charge on any atom is -0.495 e. The van der Waals surface area contributed by atoms with Crippen molar-refractivity contribution in [3.63, 3.8) is 0 Å². The van der Waals surface area contributed by atoms with Gasteiger partial charge in [0.1, 0.15) is 5.75 Å². The van der Waals surface area contributed by atoms with E-state index in [2.05, 4.69) is 25.5 Å². The van der Waals surface area contributed by atoms with Crippen molar-refractivity contribution in [3.05, 3.63) is 53.3 Å². The van der Waals surface area contributed by atoms with Gasteiger partial charge in [0.05, 0.1) is 17.8 Å². The third-order valence-corrected chi connectivity index (χ3v) is 5.18. The number of rotatable bonds is 4. The molecule has 0 atom stereocenters. The molecule has 1 fully saturated rings. The van der Waals surface area contributed by atoms with Crippen molar-refractivity contribution >= 4 is 29.1 Å². The second-order valence-electron chi connectivity index (χ2n) is 6.90. The second kappa shape index (κ2) is 8.58. The Labute approximate surface area is 179 Å². The van der Waals surface area contributed by atoms with Crippen molar-refractivity contribution in [1.29, 1.82) is 0 Å². The van der Waals surface area contributed by atoms with E-state index in [9.17, 15) is 4.79 Å². The number of benzene rings is 1. The predicted octanol–water partition coefficient (Wildman–Crippen LogP) is 2.99. The average Bonchev–Trinajstić information content (AvgIpc) is 3.20. The Morgan fingerprint density at radius 3 is 2.40 bits per heavy atom. The largest absolute Gasteiger partial charge is 0.495 e. The van der Waals surface area contributed by atoms with E-state index in [-0.39, 0.29) is 6.03 Å². The van der Waals surface area contributed by atoms with Crippen molar-refractivity contribution in [2.45, 2.75) is 6.92 Å². The lowest BCUT2D eigenvalue weighted by molar-refractivity contribution is 0.208. The molecule has 1 N–H and O–H groups in total. The van der Waals surface area contributed by atoms with Gasteiger partial charge in [0.25, 0.3) is 0 Å². The van der Waals surface area contributed by atoms with Gasteiger partial charge in [0.2, 0.25) is 0 Å². The van der Waals surface area contributed by atoms with Crippen LogP contribution in [0.4, 0.5) is 16.3 Å². The van der Waals surface area contributed by atoms with Crippen LogP contribution in [-0.2, 0) is 0 Å². The lowest BCUT2D eigenvalue weighted by Crippen LogP contribution is -2.50. The van der Waals surface area contributed by atoms with Gasteiger partial charge in [-0.25, -0.2) is 9.48 Å². The minimum absolute atomic E-state index is 0.161. The molecule has 1 saturated heterocycles. The van der Waals surface area contributed by atoms with Gasteiger partial charge in [-0.2, -0.15) is 5.10 Å². The molecular weight excluding hydrogens is 406 g/mol. The van der Waals surface area contributed by atoms with Crippen molar-refractivity contribution in [1.82, 2.24) is 24.9 Å². The SMILES string of the molecule is COc1ccc(NC(=O)N2CCN(c3ccc(-n4ccc(C)n4)nn3)CC2)cc1Cl. The predicted molar refractivity (Wildman–Crippen MR) is 115 cm³/mol. The zero-order valence-corrected chi connectivity index (χ0v) is 17.5. The van der Waals surface area contributed by atoms with Gasteiger partial charge in [-0.1, -0.05) is 11.6 Å². The monoisotopic (exact) mass is 427 g/mol. The number of hydrogen-bond donors (Lipinski definition) is 1. The first-order valence-electron chi connectivity index (χ1n) is 9.54. The lowest BCUT2D eigenvalue weighted by atomic mass is 10.3. The zero-order chi connectivity index (χ0) is 21.1. The Morgan fingerprint density at radius 1 is 1.07 bits per heavy atom. The van der Waals surface area contributed by atoms with Crippen LogP contribution in [0, 0.1) is 6.92 Å². The van der Waals surface area contributed by atoms with Gasteiger partial charge < -0.3 is 19.9 Å². The summed E-state index contributed by atoms with van der Waals surface area (Å²) in [5.41, 5.74) is 1.55. The zero-order valence-electron chi connectivity index (χ0n) is 16.7. The maximum absolute atomic E-state index is 12.6. The molecule has 0 radical (unpaired) electrons. The molecule has 3 heterocycles. The number of urea groups is 1. The third kappa shape index (κ3) is 4.30. The highest BCUT2D eigenvalue weighted by Crippen LogP contribution is 2.27. The minimum atomic E-state index is -0.161. The van der Waals surface area contributed by atoms with E-state index in [1.54, 1.807) is 34.9 Å². The van der Waals surface area contributed by atoms with E-state index < -0.39 is 0 Å². The van der Waals surface area contributed by atoms with Crippen LogP contribution in [0.25, 0.3) is 5.82 Å². The summed E-state index contributed by atoms with van der Waals surface area (Å²) in [7, 11) is 1.55. The van der Waals surface area contributed by atoms with E-state index in [1.165, 1.54) is 0 Å². The number of anilines is 2. The van der Waals surface area contributed by atoms with Crippen molar-refractivity contribution in [2.75, 3.05) is 43.5 Å². The number of carbonyl (C=O) groups excluding carboxylic acids is 1. The van der Waals surface area contributed by atoms with E-state index in [0.29, 0.717) is 48.5 Å². The van der Waals surface area contributed by atoms with Crippen LogP contribution in [0.5, 0.6) is 5.75 Å². The van der Waals surface area contributed by atoms with E-state index in [0.717, 1.165) is 11.5 Å². The van der Waals surface area contributed by atoms with Crippen LogP contribution in [0.1, 0.15) is 5.69 Å². The molecule has 0 unspecified atom stereocenters. The number of nitrogens with one attached hydrogen (secondary N) is 1. The number of amides is 2. The number of halogens is 1. The molecular formula is C20H22ClN7O2. The quantitative estimate of drug-likeness (QED) is 0.688. The Balaban J connectivity index is 1.33. The Kier molecular flexibility index (Phi) is 5.71. The topological polar surface area (TPSA) is 88.4 Å². The van der Waals surface area contributed by atoms with Gasteiger partial charge in [-0.05, 0) is 43.3 Å². The molecule has 0 bridgehead atoms. The highest BCUT2D eigenvalue weighted by atomic mass is 35.5. The van der Waals surface area contributed by atoms with Gasteiger partial charge in [0.15, 0.2) is 11.6 Å². The summed E-state index contributed by atoms with van der Waals surface area (Å²) in [6, 6.07) is 10.7. The molecule has 3 aromatic rings. The first-order chi connectivity index (χ1) is 14.5. The fourth-order valence-electron chi connectivity index (χ4n) is 3.24. The molecule has 10 heteroatoms. The Hall–Kier alpha value is -3.33. The van der Waals surface area contributed by atoms with Crippen LogP contribution in [0.3, 0.4) is 0 Å². The number of aromatic nitrogens is 4. The van der Waals surface area contributed by atoms with E-state index >= 15 is 0 Å². The third-order valence-electron chi connectivity index (χ3n) is 4.89. The van der Waals surface area contributed by atoms with E-state index in [4.69, 9.17) is 16.3 Å². The maximum Gasteiger partial charge on any atom is 0.321 e. The molecule has 0 saturated carbocycles. The van der Waals surface area contributed by atoms with Crippen molar-refractivity contribution in [3.8, 4) is 11.6 Å². The number of methoxy groups -OCH3 is 1. The number of aryl methyl sites for hydroxylation is 1. The van der Waals surface area contributed by atoms with Crippen LogP contribution < -0.4 is 15.0 Å². The van der Waals surface area contributed by atoms with Gasteiger partial charge >= 0.3 is 6.03 Å². The first kappa shape index (κ1) is 20.0. The molecule has 0 spiro atoms. The summed E-state index contributed by atoms with van der Waals surface area (Å²) in [6.45, 7) is 4.43. The molecule has 4 rings (SSSR count). The summed E-state index contributed by atoms with van der Waals surface area (Å²) in [5, 5.41) is 16.2. The lowest BCUT2D eigenvalue weighted by Gasteiger charge is -2.35. The standard InChI is InChI=1S/C20H22ClN7O2/c1-14-7-8-28(25-14)19-6-5-18(23-24-19)26-9-11-27(12-10-26)20(29)22-15-3-4-17(30-2)16(21)13-15/h3-8,13H,9-12H2,1-2H3,(H,22,29). The van der Waals surface area contributed by atoms with Gasteiger partial charge in [-0.15, -0.1) is 10.2 Å². The molecule has 1 aliphatic rings. The number of piperazine rings is 1. The van der Waals surface area contributed by atoms with Crippen LogP contribution >= 0.6 is 11.6 Å². The molecule has 30 heavy (non-hydrogen) atoms. The molecule has 0 aliphatic carbocycles. The summed E-state index contributed by atoms with van der Waals surface area (Å²) in [4.78, 5) is 16.4. The van der Waals surface area contributed by atoms with Crippen molar-refractivity contribution in [2.24, 2.45) is 0 Å². The summed E-state index contributed by atoms with van der Waals surface area (Å²) in [6.07, 6.45) is 1.85. The fraction of sp³-hybridized carbons (Fsp3) is 0.300. The molecule has 9 nitrogen and oxygen atoms in total. The summed E-state index contributed by atoms with van der Waals surface area (Å²) in [5.74, 6) is 2.02. The van der Waals surface area contributed by atoms with Gasteiger partial charge in [0, 0.05) is 38.1 Å². The average molecular weight is 428 g/mol. The molecule has 1 aliphatic heterocycles. The van der Waals surface area contributed by atoms with Crippen LogP contribution in [0.2, 0.25) is 5.02 Å². The Bertz CT molecular complexity index is 1030. The summed E-state index contributed by atoms with van der Waals surface area (Å²) >= 11 is 6.12. The maximum atomic E-state index is 12.6. The normalized spacial score (nSPS) is 14.0. The molecule has 2 aromatic heterocycles.